The number of carbonyl (C=O) groups is 3. The van der Waals surface area contributed by atoms with Crippen molar-refractivity contribution in [1.82, 2.24) is 0 Å². The van der Waals surface area contributed by atoms with E-state index < -0.39 is 40.6 Å². The van der Waals surface area contributed by atoms with Crippen molar-refractivity contribution < 1.29 is 33.7 Å². The van der Waals surface area contributed by atoms with Gasteiger partial charge in [0.05, 0.1) is 18.1 Å². The molecule has 0 saturated heterocycles. The van der Waals surface area contributed by atoms with Crippen molar-refractivity contribution >= 4 is 41.1 Å². The van der Waals surface area contributed by atoms with E-state index in [9.17, 15) is 19.5 Å². The van der Waals surface area contributed by atoms with Gasteiger partial charge in [0.1, 0.15) is 24.0 Å². The summed E-state index contributed by atoms with van der Waals surface area (Å²) in [5.74, 6) is -1.63. The van der Waals surface area contributed by atoms with Crippen molar-refractivity contribution in [2.45, 2.75) is 118 Å². The molecule has 9 heteroatoms. The van der Waals surface area contributed by atoms with Crippen molar-refractivity contribution in [1.29, 1.82) is 0 Å². The normalized spacial score (nSPS) is 47.5. The van der Waals surface area contributed by atoms with Gasteiger partial charge in [0, 0.05) is 11.3 Å². The molecule has 0 radical (unpaired) electrons. The first kappa shape index (κ1) is 34.0. The molecule has 248 valence electrons. The molecule has 4 saturated carbocycles. The lowest BCUT2D eigenvalue weighted by Crippen LogP contribution is -2.69. The first-order valence-corrected chi connectivity index (χ1v) is 17.5. The fourth-order valence-corrected chi connectivity index (χ4v) is 12.0. The summed E-state index contributed by atoms with van der Waals surface area (Å²) in [6.07, 6.45) is 7.34. The zero-order valence-corrected chi connectivity index (χ0v) is 29.3. The van der Waals surface area contributed by atoms with E-state index in [1.54, 1.807) is 0 Å². The van der Waals surface area contributed by atoms with E-state index in [2.05, 4.69) is 47.6 Å². The Balaban J connectivity index is 1.61. The molecule has 0 aliphatic heterocycles. The molecule has 4 fully saturated rings. The minimum absolute atomic E-state index is 0.0523. The topological polar surface area (TPSA) is 99.1 Å². The van der Waals surface area contributed by atoms with Crippen LogP contribution in [0.5, 0.6) is 0 Å². The van der Waals surface area contributed by atoms with Gasteiger partial charge in [-0.3, -0.25) is 14.4 Å². The summed E-state index contributed by atoms with van der Waals surface area (Å²) in [7, 11) is 1.47. The lowest BCUT2D eigenvalue weighted by atomic mass is 9.33. The highest BCUT2D eigenvalue weighted by Gasteiger charge is 2.72. The molecule has 0 bridgehead atoms. The quantitative estimate of drug-likeness (QED) is 0.150. The maximum atomic E-state index is 13.6. The minimum Gasteiger partial charge on any atom is -0.469 e. The Hall–Kier alpha value is -1.31. The number of halogens is 2. The Kier molecular flexibility index (Phi) is 8.62. The second-order valence-electron chi connectivity index (χ2n) is 16.3. The maximum absolute atomic E-state index is 13.6. The first-order valence-electron chi connectivity index (χ1n) is 16.4. The molecule has 5 aliphatic carbocycles. The molecular formula is C35H52Cl2O7. The highest BCUT2D eigenvalue weighted by Crippen LogP contribution is 2.76. The van der Waals surface area contributed by atoms with E-state index in [0.29, 0.717) is 12.8 Å². The maximum Gasteiger partial charge on any atom is 0.321 e. The lowest BCUT2D eigenvalue weighted by molar-refractivity contribution is -0.247. The average Bonchev–Trinajstić information content (AvgIpc) is 2.96. The van der Waals surface area contributed by atoms with Crippen LogP contribution in [0.15, 0.2) is 11.6 Å². The first-order chi connectivity index (χ1) is 20.4. The van der Waals surface area contributed by atoms with Crippen LogP contribution in [0.4, 0.5) is 0 Å². The van der Waals surface area contributed by atoms with Crippen LogP contribution < -0.4 is 0 Å². The van der Waals surface area contributed by atoms with Crippen LogP contribution in [0.1, 0.15) is 99.8 Å². The molecule has 5 rings (SSSR count). The Morgan fingerprint density at radius 1 is 0.909 bits per heavy atom. The molecule has 0 amide bonds. The average molecular weight is 656 g/mol. The van der Waals surface area contributed by atoms with Crippen molar-refractivity contribution in [3.63, 3.8) is 0 Å². The van der Waals surface area contributed by atoms with E-state index in [0.717, 1.165) is 38.5 Å². The minimum atomic E-state index is -1.04. The molecule has 0 aromatic rings. The zero-order chi connectivity index (χ0) is 32.7. The number of hydrogen-bond acceptors (Lipinski definition) is 7. The van der Waals surface area contributed by atoms with E-state index in [1.807, 2.05) is 6.92 Å². The molecule has 11 atom stereocenters. The van der Waals surface area contributed by atoms with Crippen LogP contribution in [-0.2, 0) is 28.6 Å². The predicted molar refractivity (Wildman–Crippen MR) is 169 cm³/mol. The third kappa shape index (κ3) is 4.55. The zero-order valence-electron chi connectivity index (χ0n) is 27.8. The van der Waals surface area contributed by atoms with E-state index in [4.69, 9.17) is 37.4 Å². The van der Waals surface area contributed by atoms with Crippen molar-refractivity contribution in [3.8, 4) is 0 Å². The largest absolute Gasteiger partial charge is 0.469 e. The van der Waals surface area contributed by atoms with Gasteiger partial charge in [-0.2, -0.15) is 0 Å². The monoisotopic (exact) mass is 654 g/mol. The van der Waals surface area contributed by atoms with Gasteiger partial charge in [-0.25, -0.2) is 0 Å². The summed E-state index contributed by atoms with van der Waals surface area (Å²) in [4.78, 5) is 38.7. The van der Waals surface area contributed by atoms with Gasteiger partial charge in [-0.1, -0.05) is 53.2 Å². The number of ether oxygens (including phenoxy) is 3. The SMILES string of the molecule is COC(=O)[C@]12CC[C@@H](C)[C@@](C)(O)[C@H]1C1=CC[C@@H]3[C@@]4(C)C[C@@H](OC(=O)CCl)[C@H](OC(=O)CCl)C(C)(C)[C@@H]4CC[C@@]3(C)[C@]1(C)CC2. The third-order valence-corrected chi connectivity index (χ3v) is 14.7. The fraction of sp³-hybridized carbons (Fsp3) is 0.857. The van der Waals surface area contributed by atoms with Crippen LogP contribution in [0, 0.1) is 50.7 Å². The van der Waals surface area contributed by atoms with Gasteiger partial charge >= 0.3 is 17.9 Å². The van der Waals surface area contributed by atoms with Crippen LogP contribution in [0.25, 0.3) is 0 Å². The molecule has 5 aliphatic rings. The molecule has 0 aromatic heterocycles. The van der Waals surface area contributed by atoms with Crippen LogP contribution >= 0.6 is 23.2 Å². The molecule has 0 spiro atoms. The number of rotatable bonds is 5. The van der Waals surface area contributed by atoms with Gasteiger partial charge in [0.15, 0.2) is 0 Å². The summed E-state index contributed by atoms with van der Waals surface area (Å²) < 4.78 is 17.4. The van der Waals surface area contributed by atoms with Gasteiger partial charge in [-0.05, 0) is 92.3 Å². The molecular weight excluding hydrogens is 603 g/mol. The van der Waals surface area contributed by atoms with E-state index >= 15 is 0 Å². The third-order valence-electron chi connectivity index (χ3n) is 14.3. The fourth-order valence-electron chi connectivity index (χ4n) is 11.8. The number of carbonyl (C=O) groups excluding carboxylic acids is 3. The highest BCUT2D eigenvalue weighted by molar-refractivity contribution is 6.26. The number of hydrogen-bond donors (Lipinski definition) is 1. The molecule has 0 aromatic carbocycles. The second-order valence-corrected chi connectivity index (χ2v) is 16.8. The molecule has 1 N–H and O–H groups in total. The number of methoxy groups -OCH3 is 1. The van der Waals surface area contributed by atoms with Crippen LogP contribution in [0.3, 0.4) is 0 Å². The highest BCUT2D eigenvalue weighted by atomic mass is 35.5. The Bertz CT molecular complexity index is 1230. The summed E-state index contributed by atoms with van der Waals surface area (Å²) >= 11 is 11.8. The summed E-state index contributed by atoms with van der Waals surface area (Å²) in [6.45, 7) is 15.4. The van der Waals surface area contributed by atoms with Crippen molar-refractivity contribution in [2.24, 2.45) is 50.7 Å². The summed E-state index contributed by atoms with van der Waals surface area (Å²) in [5.41, 5.74) is -1.68. The number of esters is 3. The van der Waals surface area contributed by atoms with Crippen LogP contribution in [-0.4, -0.2) is 59.7 Å². The van der Waals surface area contributed by atoms with Crippen molar-refractivity contribution in [3.05, 3.63) is 11.6 Å². The van der Waals surface area contributed by atoms with Gasteiger partial charge < -0.3 is 19.3 Å². The summed E-state index contributed by atoms with van der Waals surface area (Å²) in [5, 5.41) is 12.2. The van der Waals surface area contributed by atoms with Gasteiger partial charge in [0.25, 0.3) is 0 Å². The Labute approximate surface area is 273 Å². The molecule has 0 unspecified atom stereocenters. The lowest BCUT2D eigenvalue weighted by Gasteiger charge is -2.72. The van der Waals surface area contributed by atoms with E-state index in [1.165, 1.54) is 12.7 Å². The predicted octanol–water partition coefficient (Wildman–Crippen LogP) is 6.84. The summed E-state index contributed by atoms with van der Waals surface area (Å²) in [6, 6.07) is 0. The Morgan fingerprint density at radius 2 is 1.55 bits per heavy atom. The van der Waals surface area contributed by atoms with Gasteiger partial charge in [0.2, 0.25) is 0 Å². The standard InChI is InChI=1S/C35H52Cl2O7/c1-20-11-14-35(29(40)42-8)16-15-32(5)21(27(35)34(20,7)41)9-10-24-31(4)17-22(43-25(38)18-36)28(44-26(39)19-37)30(2,3)23(31)12-13-33(24,32)6/h9,20,22-24,27-28,41H,10-19H2,1-8H3/t20-,22-,23+,24-,27-,28+,31+,32-,33-,34-,35+/m1/s1. The number of aliphatic hydroxyl groups is 1. The van der Waals surface area contributed by atoms with Gasteiger partial charge in [-0.15, -0.1) is 23.2 Å². The molecule has 0 heterocycles. The second kappa shape index (κ2) is 11.1. The molecule has 7 nitrogen and oxygen atoms in total. The number of fused-ring (bicyclic) bond motifs is 7. The Morgan fingerprint density at radius 3 is 2.16 bits per heavy atom. The van der Waals surface area contributed by atoms with Crippen molar-refractivity contribution in [2.75, 3.05) is 18.9 Å². The number of allylic oxidation sites excluding steroid dienone is 1. The number of alkyl halides is 2. The van der Waals surface area contributed by atoms with Crippen LogP contribution in [0.2, 0.25) is 0 Å². The smallest absolute Gasteiger partial charge is 0.321 e. The van der Waals surface area contributed by atoms with E-state index in [-0.39, 0.29) is 57.6 Å². The molecule has 44 heavy (non-hydrogen) atoms.